The summed E-state index contributed by atoms with van der Waals surface area (Å²) in [5.41, 5.74) is 0. The molecule has 1 aliphatic carbocycles. The molecule has 2 bridgehead atoms. The highest BCUT2D eigenvalue weighted by Crippen LogP contribution is 2.42. The molecule has 0 aromatic carbocycles. The van der Waals surface area contributed by atoms with Crippen LogP contribution in [0.3, 0.4) is 0 Å². The number of hydrogen-bond donors (Lipinski definition) is 1. The molecule has 1 N–H and O–H groups in total. The van der Waals surface area contributed by atoms with Crippen LogP contribution in [0.5, 0.6) is 0 Å². The van der Waals surface area contributed by atoms with E-state index in [1.54, 1.807) is 11.3 Å². The van der Waals surface area contributed by atoms with Gasteiger partial charge in [-0.3, -0.25) is 4.79 Å². The SMILES string of the molecule is CC(C)N1CC2CCC(C1)C2C(=O)NCCc1cccs1. The van der Waals surface area contributed by atoms with Crippen molar-refractivity contribution in [1.29, 1.82) is 0 Å². The Bertz CT molecular complexity index is 457. The zero-order valence-corrected chi connectivity index (χ0v) is 13.9. The first-order valence-corrected chi connectivity index (χ1v) is 9.07. The molecule has 1 aliphatic heterocycles. The van der Waals surface area contributed by atoms with E-state index in [9.17, 15) is 4.79 Å². The molecule has 2 unspecified atom stereocenters. The summed E-state index contributed by atoms with van der Waals surface area (Å²) in [4.78, 5) is 16.4. The van der Waals surface area contributed by atoms with Gasteiger partial charge in [0.15, 0.2) is 0 Å². The summed E-state index contributed by atoms with van der Waals surface area (Å²) in [6.45, 7) is 7.53. The predicted molar refractivity (Wildman–Crippen MR) is 87.4 cm³/mol. The summed E-state index contributed by atoms with van der Waals surface area (Å²) in [6, 6.07) is 4.82. The van der Waals surface area contributed by atoms with E-state index < -0.39 is 0 Å². The minimum atomic E-state index is 0.267. The Kier molecular flexibility index (Phi) is 4.65. The molecule has 2 fully saturated rings. The first kappa shape index (κ1) is 15.0. The van der Waals surface area contributed by atoms with E-state index in [1.165, 1.54) is 17.7 Å². The maximum absolute atomic E-state index is 12.5. The number of nitrogens with one attached hydrogen (secondary N) is 1. The van der Waals surface area contributed by atoms with Crippen LogP contribution >= 0.6 is 11.3 Å². The second-order valence-corrected chi connectivity index (χ2v) is 7.82. The van der Waals surface area contributed by atoms with Crippen molar-refractivity contribution < 1.29 is 4.79 Å². The molecule has 1 saturated heterocycles. The third-order valence-corrected chi connectivity index (χ3v) is 6.08. The van der Waals surface area contributed by atoms with Crippen LogP contribution in [0, 0.1) is 17.8 Å². The van der Waals surface area contributed by atoms with Crippen molar-refractivity contribution >= 4 is 17.2 Å². The monoisotopic (exact) mass is 306 g/mol. The normalized spacial score (nSPS) is 29.0. The summed E-state index contributed by atoms with van der Waals surface area (Å²) < 4.78 is 0. The van der Waals surface area contributed by atoms with E-state index in [2.05, 4.69) is 41.6 Å². The number of amides is 1. The summed E-state index contributed by atoms with van der Waals surface area (Å²) in [7, 11) is 0. The molecule has 1 aromatic rings. The lowest BCUT2D eigenvalue weighted by molar-refractivity contribution is -0.129. The first-order chi connectivity index (χ1) is 10.1. The maximum atomic E-state index is 12.5. The number of rotatable bonds is 5. The standard InChI is InChI=1S/C17H26N2OS/c1-12(2)19-10-13-5-6-14(11-19)16(13)17(20)18-8-7-15-4-3-9-21-15/h3-4,9,12-14,16H,5-8,10-11H2,1-2H3,(H,18,20). The van der Waals surface area contributed by atoms with Gasteiger partial charge >= 0.3 is 0 Å². The fourth-order valence-corrected chi connectivity index (χ4v) is 4.70. The Balaban J connectivity index is 1.51. The Hall–Kier alpha value is -0.870. The van der Waals surface area contributed by atoms with Crippen LogP contribution in [0.15, 0.2) is 17.5 Å². The molecular formula is C17H26N2OS. The van der Waals surface area contributed by atoms with Crippen molar-refractivity contribution in [2.75, 3.05) is 19.6 Å². The number of fused-ring (bicyclic) bond motifs is 2. The van der Waals surface area contributed by atoms with Crippen LogP contribution in [0.1, 0.15) is 31.6 Å². The number of piperidine rings is 1. The van der Waals surface area contributed by atoms with E-state index in [-0.39, 0.29) is 5.92 Å². The molecule has 1 aromatic heterocycles. The number of carbonyl (C=O) groups excluding carboxylic acids is 1. The van der Waals surface area contributed by atoms with E-state index in [1.807, 2.05) is 0 Å². The van der Waals surface area contributed by atoms with Gasteiger partial charge in [0.25, 0.3) is 0 Å². The lowest BCUT2D eigenvalue weighted by Crippen LogP contribution is -2.50. The lowest BCUT2D eigenvalue weighted by atomic mass is 9.84. The number of likely N-dealkylation sites (tertiary alicyclic amines) is 1. The Morgan fingerprint density at radius 3 is 2.67 bits per heavy atom. The molecular weight excluding hydrogens is 280 g/mol. The molecule has 4 heteroatoms. The Morgan fingerprint density at radius 2 is 2.10 bits per heavy atom. The Morgan fingerprint density at radius 1 is 1.38 bits per heavy atom. The van der Waals surface area contributed by atoms with Crippen molar-refractivity contribution in [1.82, 2.24) is 10.2 Å². The summed E-state index contributed by atoms with van der Waals surface area (Å²) >= 11 is 1.77. The van der Waals surface area contributed by atoms with Gasteiger partial charge in [0.1, 0.15) is 0 Å². The highest BCUT2D eigenvalue weighted by atomic mass is 32.1. The average Bonchev–Trinajstić information content (AvgIpc) is 3.05. The minimum absolute atomic E-state index is 0.267. The van der Waals surface area contributed by atoms with E-state index >= 15 is 0 Å². The average molecular weight is 306 g/mol. The second-order valence-electron chi connectivity index (χ2n) is 6.79. The maximum Gasteiger partial charge on any atom is 0.223 e. The van der Waals surface area contributed by atoms with E-state index in [0.717, 1.165) is 26.1 Å². The summed E-state index contributed by atoms with van der Waals surface area (Å²) in [6.07, 6.45) is 3.43. The van der Waals surface area contributed by atoms with Gasteiger partial charge in [-0.05, 0) is 56.4 Å². The van der Waals surface area contributed by atoms with Crippen LogP contribution < -0.4 is 5.32 Å². The summed E-state index contributed by atoms with van der Waals surface area (Å²) in [5.74, 6) is 1.73. The van der Waals surface area contributed by atoms with Crippen molar-refractivity contribution in [3.8, 4) is 0 Å². The molecule has 2 heterocycles. The van der Waals surface area contributed by atoms with Crippen LogP contribution in [-0.4, -0.2) is 36.5 Å². The number of nitrogens with zero attached hydrogens (tertiary/aromatic N) is 1. The number of carbonyl (C=O) groups is 1. The van der Waals surface area contributed by atoms with Crippen LogP contribution in [-0.2, 0) is 11.2 Å². The molecule has 0 spiro atoms. The first-order valence-electron chi connectivity index (χ1n) is 8.19. The van der Waals surface area contributed by atoms with Crippen LogP contribution in [0.25, 0.3) is 0 Å². The molecule has 2 aliphatic rings. The Labute approximate surface area is 131 Å². The van der Waals surface area contributed by atoms with Crippen molar-refractivity contribution in [3.05, 3.63) is 22.4 Å². The van der Waals surface area contributed by atoms with Crippen molar-refractivity contribution in [3.63, 3.8) is 0 Å². The van der Waals surface area contributed by atoms with E-state index in [0.29, 0.717) is 23.8 Å². The fraction of sp³-hybridized carbons (Fsp3) is 0.706. The van der Waals surface area contributed by atoms with Gasteiger partial charge in [0, 0.05) is 36.5 Å². The summed E-state index contributed by atoms with van der Waals surface area (Å²) in [5, 5.41) is 5.28. The fourth-order valence-electron chi connectivity index (χ4n) is 3.99. The van der Waals surface area contributed by atoms with Crippen molar-refractivity contribution in [2.24, 2.45) is 17.8 Å². The minimum Gasteiger partial charge on any atom is -0.355 e. The molecule has 3 nitrogen and oxygen atoms in total. The smallest absolute Gasteiger partial charge is 0.223 e. The van der Waals surface area contributed by atoms with Gasteiger partial charge in [-0.15, -0.1) is 11.3 Å². The van der Waals surface area contributed by atoms with Gasteiger partial charge in [-0.2, -0.15) is 0 Å². The quantitative estimate of drug-likeness (QED) is 0.907. The van der Waals surface area contributed by atoms with Gasteiger partial charge < -0.3 is 10.2 Å². The van der Waals surface area contributed by atoms with Gasteiger partial charge in [0.05, 0.1) is 0 Å². The number of hydrogen-bond acceptors (Lipinski definition) is 3. The van der Waals surface area contributed by atoms with Gasteiger partial charge in [0.2, 0.25) is 5.91 Å². The molecule has 116 valence electrons. The van der Waals surface area contributed by atoms with Crippen LogP contribution in [0.2, 0.25) is 0 Å². The highest BCUT2D eigenvalue weighted by molar-refractivity contribution is 7.09. The predicted octanol–water partition coefficient (Wildman–Crippen LogP) is 2.77. The number of thiophene rings is 1. The zero-order chi connectivity index (χ0) is 14.8. The molecule has 21 heavy (non-hydrogen) atoms. The largest absolute Gasteiger partial charge is 0.355 e. The molecule has 1 amide bonds. The van der Waals surface area contributed by atoms with Gasteiger partial charge in [-0.25, -0.2) is 0 Å². The second kappa shape index (κ2) is 6.49. The third-order valence-electron chi connectivity index (χ3n) is 5.15. The van der Waals surface area contributed by atoms with E-state index in [4.69, 9.17) is 0 Å². The molecule has 1 saturated carbocycles. The molecule has 0 radical (unpaired) electrons. The topological polar surface area (TPSA) is 32.3 Å². The molecule has 2 atom stereocenters. The zero-order valence-electron chi connectivity index (χ0n) is 13.0. The molecule has 3 rings (SSSR count). The third kappa shape index (κ3) is 3.32. The highest BCUT2D eigenvalue weighted by Gasteiger charge is 2.45. The van der Waals surface area contributed by atoms with Gasteiger partial charge in [-0.1, -0.05) is 6.07 Å². The van der Waals surface area contributed by atoms with Crippen molar-refractivity contribution in [2.45, 2.75) is 39.2 Å². The lowest BCUT2D eigenvalue weighted by Gasteiger charge is -2.39. The van der Waals surface area contributed by atoms with Crippen LogP contribution in [0.4, 0.5) is 0 Å².